The zero-order chi connectivity index (χ0) is 24.2. The molecular formula is C26H24ClN3O3S. The molecule has 0 radical (unpaired) electrons. The van der Waals surface area contributed by atoms with E-state index in [4.69, 9.17) is 21.3 Å². The van der Waals surface area contributed by atoms with Crippen LogP contribution in [0, 0.1) is 6.92 Å². The first-order valence-corrected chi connectivity index (χ1v) is 12.0. The number of methoxy groups -OCH3 is 1. The number of aryl methyl sites for hydroxylation is 1. The summed E-state index contributed by atoms with van der Waals surface area (Å²) in [6, 6.07) is 20.2. The van der Waals surface area contributed by atoms with Gasteiger partial charge in [0.2, 0.25) is 5.91 Å². The molecule has 0 spiro atoms. The zero-order valence-corrected chi connectivity index (χ0v) is 20.6. The van der Waals surface area contributed by atoms with Crippen LogP contribution < -0.4 is 15.6 Å². The number of halogens is 1. The number of fused-ring (bicyclic) bond motifs is 1. The Morgan fingerprint density at radius 2 is 1.88 bits per heavy atom. The molecule has 1 amide bonds. The number of thioether (sulfide) groups is 1. The molecule has 0 aliphatic heterocycles. The lowest BCUT2D eigenvalue weighted by Gasteiger charge is -2.17. The molecule has 1 unspecified atom stereocenters. The molecule has 34 heavy (non-hydrogen) atoms. The molecule has 1 heterocycles. The lowest BCUT2D eigenvalue weighted by molar-refractivity contribution is -0.120. The van der Waals surface area contributed by atoms with Gasteiger partial charge in [0.15, 0.2) is 5.16 Å². The maximum atomic E-state index is 13.4. The first-order valence-electron chi connectivity index (χ1n) is 10.7. The predicted octanol–water partition coefficient (Wildman–Crippen LogP) is 5.15. The van der Waals surface area contributed by atoms with E-state index in [1.54, 1.807) is 43.3 Å². The molecule has 0 saturated carbocycles. The third-order valence-corrected chi connectivity index (χ3v) is 6.72. The van der Waals surface area contributed by atoms with E-state index < -0.39 is 5.25 Å². The van der Waals surface area contributed by atoms with Crippen LogP contribution in [-0.4, -0.2) is 27.8 Å². The second-order valence-electron chi connectivity index (χ2n) is 7.83. The van der Waals surface area contributed by atoms with Gasteiger partial charge in [0, 0.05) is 6.54 Å². The molecule has 4 aromatic rings. The summed E-state index contributed by atoms with van der Waals surface area (Å²) in [5.41, 5.74) is 3.06. The lowest BCUT2D eigenvalue weighted by Crippen LogP contribution is -2.31. The van der Waals surface area contributed by atoms with Crippen LogP contribution in [0.15, 0.2) is 76.7 Å². The molecule has 3 aromatic carbocycles. The number of nitrogens with one attached hydrogen (secondary N) is 1. The van der Waals surface area contributed by atoms with Gasteiger partial charge in [-0.05, 0) is 49.7 Å². The number of aromatic nitrogens is 2. The summed E-state index contributed by atoms with van der Waals surface area (Å²) in [6.45, 7) is 4.24. The van der Waals surface area contributed by atoms with Gasteiger partial charge in [-0.1, -0.05) is 65.3 Å². The van der Waals surface area contributed by atoms with Crippen LogP contribution in [-0.2, 0) is 11.3 Å². The third kappa shape index (κ3) is 5.11. The number of nitrogens with zero attached hydrogens (tertiary/aromatic N) is 2. The standard InChI is InChI=1S/C26H24ClN3O3S/c1-16-8-10-18(11-9-16)15-28-24(31)17(2)34-26-29-22-7-5-4-6-20(22)25(32)30(26)19-12-13-23(33-3)21(27)14-19/h4-14,17H,15H2,1-3H3,(H,28,31). The topological polar surface area (TPSA) is 73.2 Å². The molecule has 0 aliphatic carbocycles. The fourth-order valence-electron chi connectivity index (χ4n) is 3.46. The average Bonchev–Trinajstić information content (AvgIpc) is 2.83. The van der Waals surface area contributed by atoms with Crippen molar-refractivity contribution in [2.75, 3.05) is 7.11 Å². The van der Waals surface area contributed by atoms with Crippen LogP contribution in [0.4, 0.5) is 0 Å². The van der Waals surface area contributed by atoms with Gasteiger partial charge < -0.3 is 10.1 Å². The van der Waals surface area contributed by atoms with Crippen molar-refractivity contribution in [2.24, 2.45) is 0 Å². The first kappa shape index (κ1) is 23.9. The Labute approximate surface area is 206 Å². The number of benzene rings is 3. The van der Waals surface area contributed by atoms with E-state index in [1.165, 1.54) is 23.4 Å². The summed E-state index contributed by atoms with van der Waals surface area (Å²) >= 11 is 7.56. The minimum Gasteiger partial charge on any atom is -0.495 e. The first-order chi connectivity index (χ1) is 16.4. The second-order valence-corrected chi connectivity index (χ2v) is 9.55. The van der Waals surface area contributed by atoms with Crippen LogP contribution in [0.25, 0.3) is 16.6 Å². The van der Waals surface area contributed by atoms with Crippen LogP contribution in [0.1, 0.15) is 18.1 Å². The highest BCUT2D eigenvalue weighted by atomic mass is 35.5. The van der Waals surface area contributed by atoms with Crippen molar-refractivity contribution in [1.29, 1.82) is 0 Å². The lowest BCUT2D eigenvalue weighted by atomic mass is 10.1. The van der Waals surface area contributed by atoms with Gasteiger partial charge in [-0.2, -0.15) is 0 Å². The molecule has 6 nitrogen and oxygen atoms in total. The SMILES string of the molecule is COc1ccc(-n2c(SC(C)C(=O)NCc3ccc(C)cc3)nc3ccccc3c2=O)cc1Cl. The van der Waals surface area contributed by atoms with Gasteiger partial charge >= 0.3 is 0 Å². The van der Waals surface area contributed by atoms with Gasteiger partial charge in [0.1, 0.15) is 5.75 Å². The monoisotopic (exact) mass is 493 g/mol. The number of carbonyl (C=O) groups is 1. The number of hydrogen-bond donors (Lipinski definition) is 1. The smallest absolute Gasteiger partial charge is 0.266 e. The van der Waals surface area contributed by atoms with E-state index in [2.05, 4.69) is 5.32 Å². The van der Waals surface area contributed by atoms with Crippen molar-refractivity contribution in [3.8, 4) is 11.4 Å². The van der Waals surface area contributed by atoms with Crippen LogP contribution in [0.5, 0.6) is 5.75 Å². The number of amides is 1. The number of rotatable bonds is 7. The Morgan fingerprint density at radius 3 is 2.59 bits per heavy atom. The summed E-state index contributed by atoms with van der Waals surface area (Å²) in [4.78, 5) is 31.0. The second kappa shape index (κ2) is 10.3. The Kier molecular flexibility index (Phi) is 7.24. The highest BCUT2D eigenvalue weighted by Crippen LogP contribution is 2.30. The molecular weight excluding hydrogens is 470 g/mol. The molecule has 1 N–H and O–H groups in total. The van der Waals surface area contributed by atoms with E-state index in [0.29, 0.717) is 39.1 Å². The van der Waals surface area contributed by atoms with Gasteiger partial charge in [0.05, 0.1) is 34.0 Å². The van der Waals surface area contributed by atoms with Gasteiger partial charge in [-0.15, -0.1) is 0 Å². The number of carbonyl (C=O) groups excluding carboxylic acids is 1. The summed E-state index contributed by atoms with van der Waals surface area (Å²) in [7, 11) is 1.53. The van der Waals surface area contributed by atoms with E-state index in [1.807, 2.05) is 37.3 Å². The summed E-state index contributed by atoms with van der Waals surface area (Å²) < 4.78 is 6.73. The van der Waals surface area contributed by atoms with Gasteiger partial charge in [-0.3, -0.25) is 14.2 Å². The van der Waals surface area contributed by atoms with Crippen molar-refractivity contribution in [3.05, 3.63) is 93.2 Å². The molecule has 1 atom stereocenters. The molecule has 8 heteroatoms. The van der Waals surface area contributed by atoms with E-state index in [0.717, 1.165) is 11.1 Å². The van der Waals surface area contributed by atoms with Crippen molar-refractivity contribution >= 4 is 40.2 Å². The van der Waals surface area contributed by atoms with Gasteiger partial charge in [-0.25, -0.2) is 4.98 Å². The summed E-state index contributed by atoms with van der Waals surface area (Å²) in [5.74, 6) is 0.359. The van der Waals surface area contributed by atoms with E-state index >= 15 is 0 Å². The molecule has 0 bridgehead atoms. The van der Waals surface area contributed by atoms with Crippen LogP contribution in [0.3, 0.4) is 0 Å². The van der Waals surface area contributed by atoms with E-state index in [9.17, 15) is 9.59 Å². The highest BCUT2D eigenvalue weighted by molar-refractivity contribution is 8.00. The maximum Gasteiger partial charge on any atom is 0.266 e. The molecule has 1 aromatic heterocycles. The molecule has 0 aliphatic rings. The Morgan fingerprint density at radius 1 is 1.15 bits per heavy atom. The Bertz CT molecular complexity index is 1400. The molecule has 0 saturated heterocycles. The van der Waals surface area contributed by atoms with E-state index in [-0.39, 0.29) is 11.5 Å². The summed E-state index contributed by atoms with van der Waals surface area (Å²) in [6.07, 6.45) is 0. The van der Waals surface area contributed by atoms with Crippen molar-refractivity contribution in [1.82, 2.24) is 14.9 Å². The largest absolute Gasteiger partial charge is 0.495 e. The Hall–Kier alpha value is -3.29. The Balaban J connectivity index is 1.66. The quantitative estimate of drug-likeness (QED) is 0.284. The van der Waals surface area contributed by atoms with Crippen molar-refractivity contribution in [3.63, 3.8) is 0 Å². The maximum absolute atomic E-state index is 13.4. The third-order valence-electron chi connectivity index (χ3n) is 5.38. The van der Waals surface area contributed by atoms with Crippen molar-refractivity contribution < 1.29 is 9.53 Å². The predicted molar refractivity (Wildman–Crippen MR) is 137 cm³/mol. The minimum atomic E-state index is -0.488. The number of para-hydroxylation sites is 1. The average molecular weight is 494 g/mol. The van der Waals surface area contributed by atoms with Gasteiger partial charge in [0.25, 0.3) is 5.56 Å². The van der Waals surface area contributed by atoms with Crippen LogP contribution >= 0.6 is 23.4 Å². The highest BCUT2D eigenvalue weighted by Gasteiger charge is 2.20. The zero-order valence-electron chi connectivity index (χ0n) is 19.0. The molecule has 0 fully saturated rings. The summed E-state index contributed by atoms with van der Waals surface area (Å²) in [5, 5.41) is 3.74. The number of hydrogen-bond acceptors (Lipinski definition) is 5. The minimum absolute atomic E-state index is 0.146. The normalized spacial score (nSPS) is 11.9. The van der Waals surface area contributed by atoms with Crippen LogP contribution in [0.2, 0.25) is 5.02 Å². The van der Waals surface area contributed by atoms with Crippen molar-refractivity contribution in [2.45, 2.75) is 30.8 Å². The number of ether oxygens (including phenoxy) is 1. The fourth-order valence-corrected chi connectivity index (χ4v) is 4.67. The fraction of sp³-hybridized carbons (Fsp3) is 0.192. The molecule has 4 rings (SSSR count). The molecule has 174 valence electrons.